The fourth-order valence-electron chi connectivity index (χ4n) is 7.15. The third kappa shape index (κ3) is 36.9. The Morgan fingerprint density at radius 2 is 0.924 bits per heavy atom. The lowest BCUT2D eigenvalue weighted by Crippen LogP contribution is -2.59. The van der Waals surface area contributed by atoms with E-state index in [4.69, 9.17) is 18.9 Å². The van der Waals surface area contributed by atoms with Gasteiger partial charge in [-0.3, -0.25) is 4.79 Å². The molecule has 0 aromatic heterocycles. The highest BCUT2D eigenvalue weighted by atomic mass is 16.7. The van der Waals surface area contributed by atoms with Crippen molar-refractivity contribution in [2.45, 2.75) is 218 Å². The second kappa shape index (κ2) is 46.9. The summed E-state index contributed by atoms with van der Waals surface area (Å²) in [5, 5.41) is 40.3. The maximum absolute atomic E-state index is 12.8. The molecule has 0 amide bonds. The molecular formula is C57H94O9. The standard InChI is InChI=1S/C57H94O9/c1-3-5-7-9-11-13-15-17-19-21-23-24-25-26-27-29-31-33-35-37-39-41-43-45-47-63-49-51(50-64-57-56(62)55(61)54(60)52(48-58)66-57)65-53(59)46-44-42-40-38-36-34-32-30-28-22-20-18-16-14-12-10-8-6-4-2/h5,7,11-14,17-20,23-24,26-27,31,33,37,39,51-52,54-58,60-62H,3-4,6,8-10,15-16,21-22,25,28-30,32,34-36,38,40-50H2,1-2H3/b7-5-,13-11-,14-12-,19-17-,20-18-,24-23-,27-26-,33-31-,39-37-. The van der Waals surface area contributed by atoms with Gasteiger partial charge >= 0.3 is 5.97 Å². The molecule has 376 valence electrons. The molecule has 0 aromatic carbocycles. The van der Waals surface area contributed by atoms with E-state index in [1.807, 2.05) is 0 Å². The van der Waals surface area contributed by atoms with Crippen LogP contribution in [0.15, 0.2) is 109 Å². The van der Waals surface area contributed by atoms with Gasteiger partial charge in [-0.2, -0.15) is 0 Å². The van der Waals surface area contributed by atoms with Gasteiger partial charge in [-0.25, -0.2) is 0 Å². The first-order valence-electron chi connectivity index (χ1n) is 26.0. The summed E-state index contributed by atoms with van der Waals surface area (Å²) in [6.45, 7) is 4.29. The molecule has 0 radical (unpaired) electrons. The Bertz CT molecular complexity index is 1370. The van der Waals surface area contributed by atoms with Crippen LogP contribution in [0.25, 0.3) is 0 Å². The molecule has 0 saturated carbocycles. The largest absolute Gasteiger partial charge is 0.457 e. The molecule has 66 heavy (non-hydrogen) atoms. The van der Waals surface area contributed by atoms with E-state index < -0.39 is 43.4 Å². The SMILES string of the molecule is CC/C=C\C/C=C\C/C=C\C/C=C\C/C=C\C/C=C\C/C=C\CCCCOCC(COC1OC(CO)C(O)C(O)C1O)OC(=O)CCCCCCCCCCC/C=C\C/C=C\CCCCC. The van der Waals surface area contributed by atoms with Gasteiger partial charge in [-0.15, -0.1) is 0 Å². The van der Waals surface area contributed by atoms with Crippen LogP contribution in [0.2, 0.25) is 0 Å². The summed E-state index contributed by atoms with van der Waals surface area (Å²) in [6, 6.07) is 0. The number of hydrogen-bond donors (Lipinski definition) is 4. The van der Waals surface area contributed by atoms with E-state index in [2.05, 4.69) is 123 Å². The molecule has 0 spiro atoms. The van der Waals surface area contributed by atoms with E-state index in [1.165, 1.54) is 64.2 Å². The molecule has 1 aliphatic heterocycles. The summed E-state index contributed by atoms with van der Waals surface area (Å²) in [7, 11) is 0. The van der Waals surface area contributed by atoms with Gasteiger partial charge in [0.1, 0.15) is 30.5 Å². The van der Waals surface area contributed by atoms with E-state index in [0.29, 0.717) is 13.0 Å². The van der Waals surface area contributed by atoms with Crippen LogP contribution in [-0.4, -0.2) is 89.6 Å². The van der Waals surface area contributed by atoms with E-state index in [0.717, 1.165) is 96.3 Å². The molecule has 1 heterocycles. The normalized spacial score (nSPS) is 20.2. The van der Waals surface area contributed by atoms with Crippen LogP contribution in [0, 0.1) is 0 Å². The Hall–Kier alpha value is -3.15. The number of allylic oxidation sites excluding steroid dienone is 18. The van der Waals surface area contributed by atoms with Crippen LogP contribution in [0.1, 0.15) is 181 Å². The van der Waals surface area contributed by atoms with E-state index in [-0.39, 0.29) is 19.2 Å². The lowest BCUT2D eigenvalue weighted by Gasteiger charge is -2.39. The number of unbranched alkanes of at least 4 members (excludes halogenated alkanes) is 14. The zero-order chi connectivity index (χ0) is 47.8. The minimum atomic E-state index is -1.55. The Balaban J connectivity index is 2.27. The van der Waals surface area contributed by atoms with Crippen LogP contribution in [0.4, 0.5) is 0 Å². The molecule has 1 fully saturated rings. The second-order valence-electron chi connectivity index (χ2n) is 17.2. The van der Waals surface area contributed by atoms with Gasteiger partial charge in [-0.1, -0.05) is 181 Å². The lowest BCUT2D eigenvalue weighted by atomic mass is 9.99. The molecule has 1 rings (SSSR count). The van der Waals surface area contributed by atoms with Crippen molar-refractivity contribution in [1.29, 1.82) is 0 Å². The first-order chi connectivity index (χ1) is 32.4. The van der Waals surface area contributed by atoms with Crippen LogP contribution in [0.3, 0.4) is 0 Å². The average molecular weight is 923 g/mol. The van der Waals surface area contributed by atoms with Crippen molar-refractivity contribution in [3.05, 3.63) is 109 Å². The molecule has 0 bridgehead atoms. The first-order valence-corrected chi connectivity index (χ1v) is 26.0. The molecule has 0 aliphatic carbocycles. The van der Waals surface area contributed by atoms with Crippen LogP contribution >= 0.6 is 0 Å². The van der Waals surface area contributed by atoms with Gasteiger partial charge in [0.2, 0.25) is 0 Å². The van der Waals surface area contributed by atoms with Crippen LogP contribution in [0.5, 0.6) is 0 Å². The van der Waals surface area contributed by atoms with Crippen molar-refractivity contribution in [3.8, 4) is 0 Å². The maximum Gasteiger partial charge on any atom is 0.306 e. The molecule has 6 unspecified atom stereocenters. The predicted molar refractivity (Wildman–Crippen MR) is 274 cm³/mol. The summed E-state index contributed by atoms with van der Waals surface area (Å²) in [5.74, 6) is -0.338. The van der Waals surface area contributed by atoms with Gasteiger partial charge < -0.3 is 39.4 Å². The van der Waals surface area contributed by atoms with E-state index in [9.17, 15) is 25.2 Å². The topological polar surface area (TPSA) is 135 Å². The van der Waals surface area contributed by atoms with Gasteiger partial charge in [0.25, 0.3) is 0 Å². The molecule has 1 aliphatic rings. The van der Waals surface area contributed by atoms with Crippen LogP contribution < -0.4 is 0 Å². The first kappa shape index (κ1) is 60.9. The number of rotatable bonds is 43. The minimum Gasteiger partial charge on any atom is -0.457 e. The average Bonchev–Trinajstić information content (AvgIpc) is 3.32. The highest BCUT2D eigenvalue weighted by Crippen LogP contribution is 2.22. The van der Waals surface area contributed by atoms with E-state index in [1.54, 1.807) is 0 Å². The summed E-state index contributed by atoms with van der Waals surface area (Å²) >= 11 is 0. The quantitative estimate of drug-likeness (QED) is 0.0268. The number of aliphatic hydroxyl groups excluding tert-OH is 4. The monoisotopic (exact) mass is 923 g/mol. The smallest absolute Gasteiger partial charge is 0.306 e. The van der Waals surface area contributed by atoms with Gasteiger partial charge in [0.05, 0.1) is 19.8 Å². The number of carbonyl (C=O) groups is 1. The van der Waals surface area contributed by atoms with Crippen molar-refractivity contribution < 1.29 is 44.2 Å². The summed E-state index contributed by atoms with van der Waals surface area (Å²) in [5.41, 5.74) is 0. The van der Waals surface area contributed by atoms with Gasteiger partial charge in [-0.05, 0) is 103 Å². The van der Waals surface area contributed by atoms with Crippen molar-refractivity contribution in [2.75, 3.05) is 26.4 Å². The summed E-state index contributed by atoms with van der Waals surface area (Å²) in [6.07, 6.45) is 59.8. The second-order valence-corrected chi connectivity index (χ2v) is 17.2. The Morgan fingerprint density at radius 3 is 1.39 bits per heavy atom. The molecule has 4 N–H and O–H groups in total. The Kier molecular flexibility index (Phi) is 43.3. The molecule has 0 aromatic rings. The summed E-state index contributed by atoms with van der Waals surface area (Å²) < 4.78 is 22.8. The van der Waals surface area contributed by atoms with Gasteiger partial charge in [0, 0.05) is 13.0 Å². The van der Waals surface area contributed by atoms with Gasteiger partial charge in [0.15, 0.2) is 6.29 Å². The Morgan fingerprint density at radius 1 is 0.500 bits per heavy atom. The lowest BCUT2D eigenvalue weighted by molar-refractivity contribution is -0.305. The number of carbonyl (C=O) groups excluding carboxylic acids is 1. The van der Waals surface area contributed by atoms with Crippen molar-refractivity contribution in [1.82, 2.24) is 0 Å². The van der Waals surface area contributed by atoms with Crippen molar-refractivity contribution in [2.24, 2.45) is 0 Å². The number of hydrogen-bond acceptors (Lipinski definition) is 9. The van der Waals surface area contributed by atoms with Crippen molar-refractivity contribution in [3.63, 3.8) is 0 Å². The Labute approximate surface area is 402 Å². The molecule has 6 atom stereocenters. The fraction of sp³-hybridized carbons (Fsp3) is 0.667. The molecule has 9 heteroatoms. The zero-order valence-electron chi connectivity index (χ0n) is 41.4. The number of ether oxygens (including phenoxy) is 4. The summed E-state index contributed by atoms with van der Waals surface area (Å²) in [4.78, 5) is 12.8. The highest BCUT2D eigenvalue weighted by molar-refractivity contribution is 5.69. The molecular weight excluding hydrogens is 829 g/mol. The highest BCUT2D eigenvalue weighted by Gasteiger charge is 2.44. The number of aliphatic hydroxyl groups is 4. The maximum atomic E-state index is 12.8. The third-order valence-electron chi connectivity index (χ3n) is 11.2. The number of esters is 1. The predicted octanol–water partition coefficient (Wildman–Crippen LogP) is 12.9. The minimum absolute atomic E-state index is 0.106. The van der Waals surface area contributed by atoms with E-state index >= 15 is 0 Å². The van der Waals surface area contributed by atoms with Crippen LogP contribution in [-0.2, 0) is 23.7 Å². The zero-order valence-corrected chi connectivity index (χ0v) is 41.4. The third-order valence-corrected chi connectivity index (χ3v) is 11.2. The fourth-order valence-corrected chi connectivity index (χ4v) is 7.15. The van der Waals surface area contributed by atoms with Crippen molar-refractivity contribution >= 4 is 5.97 Å². The molecule has 9 nitrogen and oxygen atoms in total. The molecule has 1 saturated heterocycles.